The Labute approximate surface area is 235 Å². The van der Waals surface area contributed by atoms with Gasteiger partial charge < -0.3 is 26.2 Å². The number of benzene rings is 3. The molecule has 9 nitrogen and oxygen atoms in total. The highest BCUT2D eigenvalue weighted by molar-refractivity contribution is 6.41. The van der Waals surface area contributed by atoms with Gasteiger partial charge in [0.25, 0.3) is 0 Å². The highest BCUT2D eigenvalue weighted by atomic mass is 35.5. The average molecular weight is 572 g/mol. The highest BCUT2D eigenvalue weighted by Gasteiger charge is 2.26. The van der Waals surface area contributed by atoms with Crippen LogP contribution in [0.5, 0.6) is 5.75 Å². The molecule has 0 fully saturated rings. The molecule has 204 valence electrons. The van der Waals surface area contributed by atoms with Crippen LogP contribution in [0.25, 0.3) is 0 Å². The lowest BCUT2D eigenvalue weighted by Crippen LogP contribution is -2.40. The van der Waals surface area contributed by atoms with Gasteiger partial charge in [0, 0.05) is 25.1 Å². The SMILES string of the molecule is Cc1cccc(CC(=O)Nc2ccc(Cl)c(C(=O)CC(CNC(=O)NCc3ccccc3O)C(=O)O)c2Cl)c1. The summed E-state index contributed by atoms with van der Waals surface area (Å²) in [5.41, 5.74) is 2.33. The van der Waals surface area contributed by atoms with Crippen LogP contribution >= 0.6 is 23.2 Å². The van der Waals surface area contributed by atoms with E-state index in [4.69, 9.17) is 23.2 Å². The van der Waals surface area contributed by atoms with Crippen molar-refractivity contribution in [3.05, 3.63) is 93.0 Å². The van der Waals surface area contributed by atoms with Crippen LogP contribution in [0.1, 0.15) is 33.5 Å². The Balaban J connectivity index is 1.63. The molecule has 0 heterocycles. The van der Waals surface area contributed by atoms with E-state index in [2.05, 4.69) is 16.0 Å². The largest absolute Gasteiger partial charge is 0.508 e. The maximum absolute atomic E-state index is 13.1. The molecular formula is C28H27Cl2N3O6. The molecule has 3 aromatic rings. The molecule has 0 saturated heterocycles. The third-order valence-corrected chi connectivity index (χ3v) is 6.52. The Bertz CT molecular complexity index is 1400. The van der Waals surface area contributed by atoms with Crippen molar-refractivity contribution in [2.24, 2.45) is 5.92 Å². The van der Waals surface area contributed by atoms with Crippen LogP contribution in [0.4, 0.5) is 10.5 Å². The molecule has 0 spiro atoms. The van der Waals surface area contributed by atoms with Gasteiger partial charge in [0.2, 0.25) is 5.91 Å². The summed E-state index contributed by atoms with van der Waals surface area (Å²) >= 11 is 12.6. The number of aromatic hydroxyl groups is 1. The van der Waals surface area contributed by atoms with Gasteiger partial charge in [0.05, 0.1) is 33.6 Å². The molecule has 5 N–H and O–H groups in total. The molecule has 0 saturated carbocycles. The van der Waals surface area contributed by atoms with E-state index in [9.17, 15) is 29.4 Å². The fourth-order valence-electron chi connectivity index (χ4n) is 3.79. The Kier molecular flexibility index (Phi) is 10.3. The number of anilines is 1. The summed E-state index contributed by atoms with van der Waals surface area (Å²) in [4.78, 5) is 49.6. The quantitative estimate of drug-likeness (QED) is 0.206. The summed E-state index contributed by atoms with van der Waals surface area (Å²) in [6.45, 7) is 1.58. The zero-order valence-corrected chi connectivity index (χ0v) is 22.5. The number of amides is 3. The zero-order chi connectivity index (χ0) is 28.5. The minimum Gasteiger partial charge on any atom is -0.508 e. The van der Waals surface area contributed by atoms with Crippen molar-refractivity contribution >= 4 is 52.6 Å². The molecule has 3 rings (SSSR count). The number of urea groups is 1. The first kappa shape index (κ1) is 29.5. The van der Waals surface area contributed by atoms with Crippen LogP contribution in [0.3, 0.4) is 0 Å². The zero-order valence-electron chi connectivity index (χ0n) is 21.0. The normalized spacial score (nSPS) is 11.4. The highest BCUT2D eigenvalue weighted by Crippen LogP contribution is 2.33. The number of carboxylic acid groups (broad SMARTS) is 1. The molecule has 0 radical (unpaired) electrons. The van der Waals surface area contributed by atoms with Crippen molar-refractivity contribution in [1.82, 2.24) is 10.6 Å². The van der Waals surface area contributed by atoms with Crippen molar-refractivity contribution in [3.8, 4) is 5.75 Å². The van der Waals surface area contributed by atoms with Crippen LogP contribution < -0.4 is 16.0 Å². The molecule has 11 heteroatoms. The number of aryl methyl sites for hydroxylation is 1. The first-order valence-electron chi connectivity index (χ1n) is 11.9. The number of Topliss-reactive ketones (excluding diaryl/α,β-unsaturated/α-hetero) is 1. The van der Waals surface area contributed by atoms with Gasteiger partial charge in [-0.15, -0.1) is 0 Å². The van der Waals surface area contributed by atoms with Crippen LogP contribution in [0.15, 0.2) is 60.7 Å². The predicted octanol–water partition coefficient (Wildman–Crippen LogP) is 4.96. The Morgan fingerprint density at radius 2 is 1.69 bits per heavy atom. The lowest BCUT2D eigenvalue weighted by molar-refractivity contribution is -0.141. The number of phenolic OH excluding ortho intramolecular Hbond substituents is 1. The number of carboxylic acids is 1. The maximum atomic E-state index is 13.1. The molecule has 3 amide bonds. The molecule has 0 aliphatic rings. The summed E-state index contributed by atoms with van der Waals surface area (Å²) in [7, 11) is 0. The van der Waals surface area contributed by atoms with Gasteiger partial charge >= 0.3 is 12.0 Å². The minimum atomic E-state index is -1.31. The second kappa shape index (κ2) is 13.6. The number of hydrogen-bond donors (Lipinski definition) is 5. The Morgan fingerprint density at radius 1 is 0.949 bits per heavy atom. The molecule has 1 unspecified atom stereocenters. The summed E-state index contributed by atoms with van der Waals surface area (Å²) in [6.07, 6.45) is -0.419. The number of carbonyl (C=O) groups is 4. The van der Waals surface area contributed by atoms with E-state index in [1.54, 1.807) is 18.2 Å². The van der Waals surface area contributed by atoms with E-state index in [1.807, 2.05) is 31.2 Å². The third kappa shape index (κ3) is 8.46. The molecule has 0 aliphatic heterocycles. The van der Waals surface area contributed by atoms with E-state index >= 15 is 0 Å². The number of rotatable bonds is 11. The summed E-state index contributed by atoms with van der Waals surface area (Å²) in [5, 5.41) is 26.9. The lowest BCUT2D eigenvalue weighted by atomic mass is 9.97. The number of ketones is 1. The molecule has 3 aromatic carbocycles. The second-order valence-corrected chi connectivity index (χ2v) is 9.64. The second-order valence-electron chi connectivity index (χ2n) is 8.85. The molecule has 1 atom stereocenters. The fraction of sp³-hybridized carbons (Fsp3) is 0.214. The van der Waals surface area contributed by atoms with Gasteiger partial charge in [-0.1, -0.05) is 71.2 Å². The van der Waals surface area contributed by atoms with Crippen molar-refractivity contribution < 1.29 is 29.4 Å². The summed E-state index contributed by atoms with van der Waals surface area (Å²) in [6, 6.07) is 16.1. The monoisotopic (exact) mass is 571 g/mol. The molecule has 39 heavy (non-hydrogen) atoms. The number of carbonyl (C=O) groups excluding carboxylic acids is 3. The average Bonchev–Trinajstić information content (AvgIpc) is 2.87. The molecular weight excluding hydrogens is 545 g/mol. The van der Waals surface area contributed by atoms with Gasteiger partial charge in [-0.25, -0.2) is 4.79 Å². The van der Waals surface area contributed by atoms with Crippen LogP contribution in [0, 0.1) is 12.8 Å². The lowest BCUT2D eigenvalue weighted by Gasteiger charge is -2.16. The molecule has 0 bridgehead atoms. The summed E-state index contributed by atoms with van der Waals surface area (Å²) in [5.74, 6) is -3.59. The smallest absolute Gasteiger partial charge is 0.315 e. The number of para-hydroxylation sites is 1. The van der Waals surface area contributed by atoms with E-state index in [1.165, 1.54) is 18.2 Å². The van der Waals surface area contributed by atoms with Gasteiger partial charge in [-0.3, -0.25) is 14.4 Å². The number of aliphatic carboxylic acids is 1. The Morgan fingerprint density at radius 3 is 2.38 bits per heavy atom. The van der Waals surface area contributed by atoms with E-state index in [0.29, 0.717) is 5.56 Å². The van der Waals surface area contributed by atoms with Crippen LogP contribution in [0.2, 0.25) is 10.0 Å². The van der Waals surface area contributed by atoms with Crippen LogP contribution in [-0.2, 0) is 22.6 Å². The molecule has 0 aromatic heterocycles. The fourth-order valence-corrected chi connectivity index (χ4v) is 4.42. The van der Waals surface area contributed by atoms with Crippen molar-refractivity contribution in [3.63, 3.8) is 0 Å². The van der Waals surface area contributed by atoms with Gasteiger partial charge in [0.15, 0.2) is 5.78 Å². The number of phenols is 1. The number of halogens is 2. The summed E-state index contributed by atoms with van der Waals surface area (Å²) < 4.78 is 0. The van der Waals surface area contributed by atoms with Crippen molar-refractivity contribution in [2.45, 2.75) is 26.3 Å². The van der Waals surface area contributed by atoms with Crippen molar-refractivity contribution in [1.29, 1.82) is 0 Å². The standard InChI is InChI=1S/C28H27Cl2N3O6/c1-16-5-4-6-17(11-16)12-24(36)33-21-10-9-20(29)25(26(21)30)23(35)13-19(27(37)38)15-32-28(39)31-14-18-7-2-3-8-22(18)34/h2-11,19,34H,12-15H2,1H3,(H,33,36)(H,37,38)(H2,31,32,39). The van der Waals surface area contributed by atoms with Gasteiger partial charge in [0.1, 0.15) is 5.75 Å². The minimum absolute atomic E-state index is 0.000747. The first-order valence-corrected chi connectivity index (χ1v) is 12.7. The maximum Gasteiger partial charge on any atom is 0.315 e. The third-order valence-electron chi connectivity index (χ3n) is 5.81. The number of hydrogen-bond acceptors (Lipinski definition) is 5. The van der Waals surface area contributed by atoms with E-state index < -0.39 is 30.1 Å². The van der Waals surface area contributed by atoms with Crippen LogP contribution in [-0.4, -0.2) is 40.4 Å². The number of nitrogens with one attached hydrogen (secondary N) is 3. The Hall–Kier alpha value is -4.08. The van der Waals surface area contributed by atoms with Gasteiger partial charge in [-0.05, 0) is 30.7 Å². The molecule has 0 aliphatic carbocycles. The van der Waals surface area contributed by atoms with E-state index in [0.717, 1.165) is 11.1 Å². The van der Waals surface area contributed by atoms with Gasteiger partial charge in [-0.2, -0.15) is 0 Å². The van der Waals surface area contributed by atoms with E-state index in [-0.39, 0.29) is 52.5 Å². The topological polar surface area (TPSA) is 145 Å². The first-order chi connectivity index (χ1) is 18.5. The predicted molar refractivity (Wildman–Crippen MR) is 148 cm³/mol. The van der Waals surface area contributed by atoms with Crippen molar-refractivity contribution in [2.75, 3.05) is 11.9 Å².